The molecule has 3 aromatic carbocycles. The summed E-state index contributed by atoms with van der Waals surface area (Å²) in [4.78, 5) is 1.32. The van der Waals surface area contributed by atoms with Crippen molar-refractivity contribution in [2.24, 2.45) is 0 Å². The van der Waals surface area contributed by atoms with Crippen LogP contribution in [-0.2, 0) is 6.54 Å². The lowest BCUT2D eigenvalue weighted by Crippen LogP contribution is -3.00. The summed E-state index contributed by atoms with van der Waals surface area (Å²) in [6, 6.07) is 32.4. The molecular formula is C23H20INS. The molecule has 0 amide bonds. The monoisotopic (exact) mass is 469 g/mol. The van der Waals surface area contributed by atoms with Gasteiger partial charge in [0, 0.05) is 28.2 Å². The van der Waals surface area contributed by atoms with E-state index < -0.39 is 0 Å². The molecule has 0 atom stereocenters. The van der Waals surface area contributed by atoms with Gasteiger partial charge >= 0.3 is 0 Å². The molecule has 4 aromatic rings. The van der Waals surface area contributed by atoms with Crippen molar-refractivity contribution >= 4 is 22.7 Å². The first-order valence-electron chi connectivity index (χ1n) is 8.46. The van der Waals surface area contributed by atoms with Gasteiger partial charge in [-0.25, -0.2) is 0 Å². The molecular weight excluding hydrogens is 449 g/mol. The van der Waals surface area contributed by atoms with E-state index in [2.05, 4.69) is 102 Å². The normalized spacial score (nSPS) is 10.5. The van der Waals surface area contributed by atoms with Gasteiger partial charge in [-0.1, -0.05) is 60.7 Å². The molecule has 1 nitrogen and oxygen atoms in total. The highest BCUT2D eigenvalue weighted by Gasteiger charge is 2.20. The molecule has 0 N–H and O–H groups in total. The molecule has 1 aromatic heterocycles. The number of benzene rings is 3. The minimum Gasteiger partial charge on any atom is -1.00 e. The Hall–Kier alpha value is -1.85. The highest BCUT2D eigenvalue weighted by Crippen LogP contribution is 2.29. The van der Waals surface area contributed by atoms with E-state index in [1.807, 2.05) is 11.8 Å². The van der Waals surface area contributed by atoms with Gasteiger partial charge in [0.2, 0.25) is 11.2 Å². The van der Waals surface area contributed by atoms with Crippen LogP contribution >= 0.6 is 11.8 Å². The first kappa shape index (κ1) is 18.9. The van der Waals surface area contributed by atoms with E-state index >= 15 is 0 Å². The van der Waals surface area contributed by atoms with E-state index in [1.165, 1.54) is 32.6 Å². The maximum atomic E-state index is 2.43. The Morgan fingerprint density at radius 3 is 2.08 bits per heavy atom. The van der Waals surface area contributed by atoms with E-state index in [1.54, 1.807) is 0 Å². The molecule has 3 heteroatoms. The van der Waals surface area contributed by atoms with Crippen molar-refractivity contribution < 1.29 is 28.5 Å². The number of nitrogens with zero attached hydrogens (tertiary/aromatic N) is 1. The number of halogens is 1. The van der Waals surface area contributed by atoms with Crippen molar-refractivity contribution in [2.75, 3.05) is 6.26 Å². The van der Waals surface area contributed by atoms with E-state index in [-0.39, 0.29) is 24.0 Å². The van der Waals surface area contributed by atoms with Crippen LogP contribution in [-0.4, -0.2) is 6.26 Å². The predicted octanol–water partition coefficient (Wildman–Crippen LogP) is 2.57. The van der Waals surface area contributed by atoms with E-state index in [0.29, 0.717) is 0 Å². The summed E-state index contributed by atoms with van der Waals surface area (Å²) >= 11 is 1.81. The molecule has 4 rings (SSSR count). The van der Waals surface area contributed by atoms with Crippen LogP contribution < -0.4 is 28.5 Å². The number of hydrogen-bond acceptors (Lipinski definition) is 1. The van der Waals surface area contributed by atoms with Gasteiger partial charge in [-0.3, -0.25) is 0 Å². The lowest BCUT2D eigenvalue weighted by Gasteiger charge is -2.11. The number of hydrogen-bond donors (Lipinski definition) is 0. The molecule has 0 aliphatic carbocycles. The molecule has 26 heavy (non-hydrogen) atoms. The number of pyridine rings is 1. The zero-order valence-corrected chi connectivity index (χ0v) is 17.6. The highest BCUT2D eigenvalue weighted by atomic mass is 127. The second-order valence-corrected chi connectivity index (χ2v) is 6.90. The van der Waals surface area contributed by atoms with Crippen LogP contribution in [0, 0.1) is 0 Å². The van der Waals surface area contributed by atoms with E-state index in [9.17, 15) is 0 Å². The quantitative estimate of drug-likeness (QED) is 0.253. The predicted molar refractivity (Wildman–Crippen MR) is 107 cm³/mol. The van der Waals surface area contributed by atoms with Crippen LogP contribution in [0.1, 0.15) is 5.56 Å². The van der Waals surface area contributed by atoms with Gasteiger partial charge in [-0.2, -0.15) is 4.57 Å². The van der Waals surface area contributed by atoms with Crippen molar-refractivity contribution in [1.82, 2.24) is 0 Å². The molecule has 0 aliphatic heterocycles. The van der Waals surface area contributed by atoms with Crippen molar-refractivity contribution in [2.45, 2.75) is 11.4 Å². The average Bonchev–Trinajstić information content (AvgIpc) is 2.69. The van der Waals surface area contributed by atoms with Gasteiger partial charge < -0.3 is 24.0 Å². The van der Waals surface area contributed by atoms with Crippen molar-refractivity contribution in [3.8, 4) is 11.3 Å². The topological polar surface area (TPSA) is 3.88 Å². The number of fused-ring (bicyclic) bond motifs is 1. The van der Waals surface area contributed by atoms with Gasteiger partial charge in [0.15, 0.2) is 6.54 Å². The fraction of sp³-hybridized carbons (Fsp3) is 0.0870. The molecule has 0 unspecified atom stereocenters. The Labute approximate surface area is 176 Å². The Morgan fingerprint density at radius 2 is 1.38 bits per heavy atom. The maximum Gasteiger partial charge on any atom is 0.214 e. The zero-order valence-electron chi connectivity index (χ0n) is 14.6. The Kier molecular flexibility index (Phi) is 6.33. The summed E-state index contributed by atoms with van der Waals surface area (Å²) in [7, 11) is 0. The Bertz CT molecular complexity index is 1000. The molecule has 130 valence electrons. The van der Waals surface area contributed by atoms with Gasteiger partial charge in [-0.15, -0.1) is 11.8 Å². The van der Waals surface area contributed by atoms with Gasteiger partial charge in [0.1, 0.15) is 0 Å². The molecule has 0 bridgehead atoms. The molecule has 1 heterocycles. The summed E-state index contributed by atoms with van der Waals surface area (Å²) in [5, 5.41) is 1.31. The number of aromatic nitrogens is 1. The van der Waals surface area contributed by atoms with E-state index in [4.69, 9.17) is 0 Å². The second-order valence-electron chi connectivity index (χ2n) is 6.05. The lowest BCUT2D eigenvalue weighted by molar-refractivity contribution is -0.651. The zero-order chi connectivity index (χ0) is 17.1. The third-order valence-corrected chi connectivity index (χ3v) is 5.27. The standard InChI is InChI=1S/C23H20NS.HI/c1-25-23-16-22(19-12-6-3-7-13-19)24(17-18-10-4-2-5-11-18)21-15-9-8-14-20(21)23;/h2-16H,17H2,1H3;1H/q+1;/p-1. The van der Waals surface area contributed by atoms with Gasteiger partial charge in [0.25, 0.3) is 0 Å². The summed E-state index contributed by atoms with van der Waals surface area (Å²) in [6.45, 7) is 0.861. The molecule has 0 spiro atoms. The van der Waals surface area contributed by atoms with Crippen molar-refractivity contribution in [3.05, 3.63) is 96.6 Å². The van der Waals surface area contributed by atoms with Crippen molar-refractivity contribution in [3.63, 3.8) is 0 Å². The summed E-state index contributed by atoms with van der Waals surface area (Å²) in [6.07, 6.45) is 2.15. The lowest BCUT2D eigenvalue weighted by atomic mass is 10.1. The first-order chi connectivity index (χ1) is 12.4. The first-order valence-corrected chi connectivity index (χ1v) is 9.68. The van der Waals surface area contributed by atoms with Crippen LogP contribution in [0.2, 0.25) is 0 Å². The smallest absolute Gasteiger partial charge is 0.214 e. The summed E-state index contributed by atoms with van der Waals surface area (Å²) in [5.41, 5.74) is 5.09. The Balaban J connectivity index is 0.00000196. The Morgan fingerprint density at radius 1 is 0.769 bits per heavy atom. The van der Waals surface area contributed by atoms with Crippen molar-refractivity contribution in [1.29, 1.82) is 0 Å². The third-order valence-electron chi connectivity index (χ3n) is 4.49. The van der Waals surface area contributed by atoms with Gasteiger partial charge in [0.05, 0.1) is 5.39 Å². The summed E-state index contributed by atoms with van der Waals surface area (Å²) < 4.78 is 2.43. The van der Waals surface area contributed by atoms with Crippen LogP contribution in [0.4, 0.5) is 0 Å². The number of para-hydroxylation sites is 1. The second kappa shape index (κ2) is 8.69. The minimum atomic E-state index is 0. The average molecular weight is 469 g/mol. The fourth-order valence-electron chi connectivity index (χ4n) is 3.28. The molecule has 0 fully saturated rings. The van der Waals surface area contributed by atoms with Gasteiger partial charge in [-0.05, 0) is 24.5 Å². The highest BCUT2D eigenvalue weighted by molar-refractivity contribution is 7.98. The van der Waals surface area contributed by atoms with Crippen LogP contribution in [0.3, 0.4) is 0 Å². The van der Waals surface area contributed by atoms with E-state index in [0.717, 1.165) is 6.54 Å². The molecule has 0 radical (unpaired) electrons. The van der Waals surface area contributed by atoms with Crippen LogP contribution in [0.5, 0.6) is 0 Å². The minimum absolute atomic E-state index is 0. The SMILES string of the molecule is CSc1cc(-c2ccccc2)[n+](Cc2ccccc2)c2ccccc12.[I-]. The largest absolute Gasteiger partial charge is 1.00 e. The fourth-order valence-corrected chi connectivity index (χ4v) is 3.90. The molecule has 0 saturated carbocycles. The van der Waals surface area contributed by atoms with Crippen LogP contribution in [0.15, 0.2) is 95.9 Å². The summed E-state index contributed by atoms with van der Waals surface area (Å²) in [5.74, 6) is 0. The third kappa shape index (κ3) is 3.79. The molecule has 0 aliphatic rings. The molecule has 0 saturated heterocycles. The maximum absolute atomic E-state index is 2.43. The van der Waals surface area contributed by atoms with Crippen LogP contribution in [0.25, 0.3) is 22.2 Å². The number of thioether (sulfide) groups is 1. The number of rotatable bonds is 4.